The molecule has 0 saturated heterocycles. The Hall–Kier alpha value is -3.58. The monoisotopic (exact) mass is 445 g/mol. The molecule has 1 aromatic heterocycles. The Morgan fingerprint density at radius 1 is 0.906 bits per heavy atom. The van der Waals surface area contributed by atoms with Crippen LogP contribution in [0.4, 0.5) is 0 Å². The Kier molecular flexibility index (Phi) is 6.56. The molecule has 0 aliphatic heterocycles. The van der Waals surface area contributed by atoms with E-state index in [1.54, 1.807) is 38.5 Å². The number of carbonyl (C=O) groups excluding carboxylic acids is 1. The maximum atomic E-state index is 12.7. The minimum atomic E-state index is 0.0130. The number of rotatable bonds is 8. The minimum absolute atomic E-state index is 0.0130. The lowest BCUT2D eigenvalue weighted by Gasteiger charge is -2.11. The summed E-state index contributed by atoms with van der Waals surface area (Å²) in [5.74, 6) is 2.46. The zero-order chi connectivity index (χ0) is 22.5. The highest BCUT2D eigenvalue weighted by Gasteiger charge is 2.18. The number of Topliss-reactive ketones (excluding diaryl/α,β-unsaturated/α-hetero) is 1. The Morgan fingerprint density at radius 3 is 2.19 bits per heavy atom. The highest BCUT2D eigenvalue weighted by Crippen LogP contribution is 2.29. The van der Waals surface area contributed by atoms with E-state index in [1.807, 2.05) is 54.0 Å². The van der Waals surface area contributed by atoms with Gasteiger partial charge in [-0.2, -0.15) is 0 Å². The summed E-state index contributed by atoms with van der Waals surface area (Å²) in [5, 5.41) is 9.51. The molecular formula is C25H23N3O3S. The van der Waals surface area contributed by atoms with Gasteiger partial charge in [-0.05, 0) is 61.5 Å². The number of aromatic nitrogens is 3. The summed E-state index contributed by atoms with van der Waals surface area (Å²) >= 11 is 1.36. The van der Waals surface area contributed by atoms with Crippen LogP contribution in [0.2, 0.25) is 0 Å². The normalized spacial score (nSPS) is 10.7. The predicted octanol–water partition coefficient (Wildman–Crippen LogP) is 5.23. The fourth-order valence-electron chi connectivity index (χ4n) is 3.29. The van der Waals surface area contributed by atoms with Gasteiger partial charge in [0.05, 0.1) is 20.0 Å². The van der Waals surface area contributed by atoms with Crippen molar-refractivity contribution in [1.29, 1.82) is 0 Å². The lowest BCUT2D eigenvalue weighted by Crippen LogP contribution is -2.05. The molecule has 0 aliphatic carbocycles. The van der Waals surface area contributed by atoms with Gasteiger partial charge in [0.2, 0.25) is 0 Å². The van der Waals surface area contributed by atoms with Crippen molar-refractivity contribution in [2.75, 3.05) is 20.0 Å². The average Bonchev–Trinajstić information content (AvgIpc) is 3.26. The van der Waals surface area contributed by atoms with Gasteiger partial charge in [0, 0.05) is 16.8 Å². The molecular weight excluding hydrogens is 422 g/mol. The van der Waals surface area contributed by atoms with Gasteiger partial charge in [-0.3, -0.25) is 9.36 Å². The fraction of sp³-hybridized carbons (Fsp3) is 0.160. The maximum absolute atomic E-state index is 12.7. The molecule has 32 heavy (non-hydrogen) atoms. The summed E-state index contributed by atoms with van der Waals surface area (Å²) in [6.45, 7) is 2.04. The molecule has 3 aromatic carbocycles. The molecule has 0 amide bonds. The van der Waals surface area contributed by atoms with Crippen LogP contribution in [0.1, 0.15) is 15.9 Å². The molecule has 0 radical (unpaired) electrons. The number of carbonyl (C=O) groups is 1. The summed E-state index contributed by atoms with van der Waals surface area (Å²) in [6, 6.07) is 22.9. The number of nitrogens with zero attached hydrogens (tertiary/aromatic N) is 3. The quantitative estimate of drug-likeness (QED) is 0.273. The van der Waals surface area contributed by atoms with Gasteiger partial charge in [-0.15, -0.1) is 10.2 Å². The Morgan fingerprint density at radius 2 is 1.56 bits per heavy atom. The van der Waals surface area contributed by atoms with Crippen LogP contribution >= 0.6 is 11.8 Å². The second-order valence-corrected chi connectivity index (χ2v) is 8.09. The molecule has 0 fully saturated rings. The second-order valence-electron chi connectivity index (χ2n) is 7.15. The summed E-state index contributed by atoms with van der Waals surface area (Å²) in [5.41, 5.74) is 3.62. The molecule has 7 heteroatoms. The van der Waals surface area contributed by atoms with Crippen molar-refractivity contribution in [3.8, 4) is 28.6 Å². The number of benzene rings is 3. The number of methoxy groups -OCH3 is 2. The largest absolute Gasteiger partial charge is 0.497 e. The molecule has 162 valence electrons. The van der Waals surface area contributed by atoms with Gasteiger partial charge in [0.25, 0.3) is 0 Å². The number of hydrogen-bond donors (Lipinski definition) is 0. The van der Waals surface area contributed by atoms with E-state index in [9.17, 15) is 4.79 Å². The van der Waals surface area contributed by atoms with Crippen LogP contribution in [0.15, 0.2) is 78.0 Å². The third-order valence-corrected chi connectivity index (χ3v) is 5.91. The molecule has 0 spiro atoms. The van der Waals surface area contributed by atoms with E-state index in [1.165, 1.54) is 11.8 Å². The summed E-state index contributed by atoms with van der Waals surface area (Å²) < 4.78 is 12.4. The third kappa shape index (κ3) is 4.68. The number of ether oxygens (including phenoxy) is 2. The van der Waals surface area contributed by atoms with Crippen LogP contribution in [0.3, 0.4) is 0 Å². The van der Waals surface area contributed by atoms with Crippen LogP contribution in [-0.2, 0) is 0 Å². The highest BCUT2D eigenvalue weighted by atomic mass is 32.2. The topological polar surface area (TPSA) is 66.2 Å². The van der Waals surface area contributed by atoms with Crippen LogP contribution in [0, 0.1) is 6.92 Å². The highest BCUT2D eigenvalue weighted by molar-refractivity contribution is 7.99. The van der Waals surface area contributed by atoms with Gasteiger partial charge in [-0.1, -0.05) is 35.5 Å². The van der Waals surface area contributed by atoms with Crippen molar-refractivity contribution in [1.82, 2.24) is 14.8 Å². The first-order chi connectivity index (χ1) is 15.6. The van der Waals surface area contributed by atoms with Crippen molar-refractivity contribution in [3.63, 3.8) is 0 Å². The Labute approximate surface area is 191 Å². The number of aryl methyl sites for hydroxylation is 1. The van der Waals surface area contributed by atoms with E-state index >= 15 is 0 Å². The van der Waals surface area contributed by atoms with Crippen LogP contribution in [0.5, 0.6) is 11.5 Å². The summed E-state index contributed by atoms with van der Waals surface area (Å²) in [4.78, 5) is 12.7. The van der Waals surface area contributed by atoms with Gasteiger partial charge in [-0.25, -0.2) is 0 Å². The van der Waals surface area contributed by atoms with Crippen molar-refractivity contribution in [2.45, 2.75) is 12.1 Å². The minimum Gasteiger partial charge on any atom is -0.497 e. The van der Waals surface area contributed by atoms with E-state index in [2.05, 4.69) is 16.3 Å². The zero-order valence-electron chi connectivity index (χ0n) is 18.1. The zero-order valence-corrected chi connectivity index (χ0v) is 18.9. The molecule has 0 N–H and O–H groups in total. The molecule has 1 heterocycles. The predicted molar refractivity (Wildman–Crippen MR) is 126 cm³/mol. The fourth-order valence-corrected chi connectivity index (χ4v) is 4.14. The van der Waals surface area contributed by atoms with Gasteiger partial charge in [0.15, 0.2) is 16.8 Å². The van der Waals surface area contributed by atoms with Crippen molar-refractivity contribution in [2.24, 2.45) is 0 Å². The smallest absolute Gasteiger partial charge is 0.196 e. The van der Waals surface area contributed by atoms with Crippen molar-refractivity contribution >= 4 is 17.5 Å². The Balaban J connectivity index is 1.65. The number of thioether (sulfide) groups is 1. The average molecular weight is 446 g/mol. The molecule has 6 nitrogen and oxygen atoms in total. The van der Waals surface area contributed by atoms with Gasteiger partial charge in [0.1, 0.15) is 11.5 Å². The summed E-state index contributed by atoms with van der Waals surface area (Å²) in [6.07, 6.45) is 0. The maximum Gasteiger partial charge on any atom is 0.196 e. The third-order valence-electron chi connectivity index (χ3n) is 4.98. The van der Waals surface area contributed by atoms with E-state index < -0.39 is 0 Å². The molecule has 0 atom stereocenters. The lowest BCUT2D eigenvalue weighted by atomic mass is 10.1. The molecule has 4 aromatic rings. The van der Waals surface area contributed by atoms with Gasteiger partial charge >= 0.3 is 0 Å². The van der Waals surface area contributed by atoms with Crippen molar-refractivity contribution < 1.29 is 14.3 Å². The summed E-state index contributed by atoms with van der Waals surface area (Å²) in [7, 11) is 3.24. The first kappa shape index (κ1) is 21.6. The molecule has 0 bridgehead atoms. The lowest BCUT2D eigenvalue weighted by molar-refractivity contribution is 0.102. The van der Waals surface area contributed by atoms with Crippen LogP contribution in [-0.4, -0.2) is 40.5 Å². The van der Waals surface area contributed by atoms with Crippen LogP contribution < -0.4 is 9.47 Å². The molecule has 0 saturated carbocycles. The van der Waals surface area contributed by atoms with E-state index in [0.717, 1.165) is 34.1 Å². The Bertz CT molecular complexity index is 1220. The SMILES string of the molecule is COc1ccc(C(=O)CSc2nnc(-c3cccc(C)c3)n2-c2ccc(OC)cc2)cc1. The number of hydrogen-bond acceptors (Lipinski definition) is 6. The van der Waals surface area contributed by atoms with E-state index in [0.29, 0.717) is 10.7 Å². The number of ketones is 1. The van der Waals surface area contributed by atoms with E-state index in [4.69, 9.17) is 9.47 Å². The standard InChI is InChI=1S/C25H23N3O3S/c1-17-5-4-6-19(15-17)24-26-27-25(28(24)20-9-13-22(31-3)14-10-20)32-16-23(29)18-7-11-21(30-2)12-8-18/h4-15H,16H2,1-3H3. The molecule has 0 aliphatic rings. The van der Waals surface area contributed by atoms with E-state index in [-0.39, 0.29) is 11.5 Å². The second kappa shape index (κ2) is 9.70. The van der Waals surface area contributed by atoms with Crippen molar-refractivity contribution in [3.05, 3.63) is 83.9 Å². The van der Waals surface area contributed by atoms with Crippen LogP contribution in [0.25, 0.3) is 17.1 Å². The molecule has 0 unspecified atom stereocenters. The first-order valence-electron chi connectivity index (χ1n) is 10.1. The first-order valence-corrected chi connectivity index (χ1v) is 11.0. The van der Waals surface area contributed by atoms with Gasteiger partial charge < -0.3 is 9.47 Å². The molecule has 4 rings (SSSR count).